The van der Waals surface area contributed by atoms with Crippen molar-refractivity contribution in [2.24, 2.45) is 0 Å². The average Bonchev–Trinajstić information content (AvgIpc) is 3.50. The van der Waals surface area contributed by atoms with Gasteiger partial charge < -0.3 is 11.1 Å². The van der Waals surface area contributed by atoms with E-state index in [0.717, 1.165) is 60.4 Å². The number of aromatic nitrogens is 3. The molecule has 2 fully saturated rings. The van der Waals surface area contributed by atoms with Gasteiger partial charge in [-0.3, -0.25) is 19.8 Å². The van der Waals surface area contributed by atoms with Gasteiger partial charge in [0.25, 0.3) is 0 Å². The van der Waals surface area contributed by atoms with Crippen LogP contribution in [0.1, 0.15) is 48.3 Å². The predicted molar refractivity (Wildman–Crippen MR) is 184 cm³/mol. The number of nitrogens with two attached hydrogens (primary N) is 1. The van der Waals surface area contributed by atoms with Crippen molar-refractivity contribution in [1.82, 2.24) is 24.8 Å². The number of nitrogens with one attached hydrogen (secondary N) is 2. The fraction of sp³-hybridized carbons (Fsp3) is 0.278. The number of carbonyl (C=O) groups excluding carboxylic acids is 2. The molecule has 0 spiro atoms. The summed E-state index contributed by atoms with van der Waals surface area (Å²) in [6.45, 7) is 4.82. The van der Waals surface area contributed by atoms with Crippen LogP contribution >= 0.6 is 12.4 Å². The quantitative estimate of drug-likeness (QED) is 0.143. The molecule has 0 saturated carbocycles. The molecular weight excluding hydrogens is 617 g/mol. The molecule has 2 saturated heterocycles. The van der Waals surface area contributed by atoms with E-state index in [1.165, 1.54) is 29.6 Å². The van der Waals surface area contributed by atoms with Gasteiger partial charge in [-0.1, -0.05) is 36.4 Å². The number of anilines is 2. The van der Waals surface area contributed by atoms with Gasteiger partial charge in [0.15, 0.2) is 0 Å². The van der Waals surface area contributed by atoms with Gasteiger partial charge in [-0.25, -0.2) is 13.9 Å². The van der Waals surface area contributed by atoms with E-state index < -0.39 is 5.82 Å². The Morgan fingerprint density at radius 3 is 2.45 bits per heavy atom. The van der Waals surface area contributed by atoms with Gasteiger partial charge in [0.1, 0.15) is 18.2 Å². The van der Waals surface area contributed by atoms with Crippen LogP contribution in [0.15, 0.2) is 79.3 Å². The molecule has 9 nitrogen and oxygen atoms in total. The molecule has 242 valence electrons. The molecule has 1 unspecified atom stereocenters. The predicted octanol–water partition coefficient (Wildman–Crippen LogP) is 6.11. The van der Waals surface area contributed by atoms with Gasteiger partial charge in [-0.2, -0.15) is 5.10 Å². The van der Waals surface area contributed by atoms with E-state index in [0.29, 0.717) is 35.7 Å². The Labute approximate surface area is 278 Å². The molecule has 1 atom stereocenters. The van der Waals surface area contributed by atoms with E-state index in [1.807, 2.05) is 31.3 Å². The third-order valence-electron chi connectivity index (χ3n) is 9.32. The number of rotatable bonds is 7. The Morgan fingerprint density at radius 1 is 0.979 bits per heavy atom. The smallest absolute Gasteiger partial charge is 0.249 e. The van der Waals surface area contributed by atoms with Gasteiger partial charge in [-0.15, -0.1) is 12.4 Å². The molecule has 2 aromatic heterocycles. The zero-order chi connectivity index (χ0) is 31.8. The van der Waals surface area contributed by atoms with Gasteiger partial charge in [0.05, 0.1) is 11.2 Å². The highest BCUT2D eigenvalue weighted by Gasteiger charge is 2.26. The Hall–Kier alpha value is -4.80. The van der Waals surface area contributed by atoms with Crippen molar-refractivity contribution >= 4 is 41.1 Å². The summed E-state index contributed by atoms with van der Waals surface area (Å²) in [5.41, 5.74) is 14.9. The number of imide groups is 1. The van der Waals surface area contributed by atoms with Crippen molar-refractivity contribution in [3.63, 3.8) is 0 Å². The van der Waals surface area contributed by atoms with Crippen molar-refractivity contribution in [2.45, 2.75) is 51.1 Å². The normalized spacial score (nSPS) is 17.4. The van der Waals surface area contributed by atoms with E-state index in [1.54, 1.807) is 4.52 Å². The highest BCUT2D eigenvalue weighted by molar-refractivity contribution is 6.01. The molecule has 4 N–H and O–H groups in total. The van der Waals surface area contributed by atoms with E-state index in [4.69, 9.17) is 5.73 Å². The summed E-state index contributed by atoms with van der Waals surface area (Å²) in [7, 11) is 0. The second-order valence-electron chi connectivity index (χ2n) is 12.4. The molecule has 5 aromatic rings. The lowest BCUT2D eigenvalue weighted by molar-refractivity contribution is -0.133. The minimum atomic E-state index is -0.392. The monoisotopic (exact) mass is 653 g/mol. The summed E-state index contributed by atoms with van der Waals surface area (Å²) in [6, 6.07) is 21.5. The number of hydrogen-bond donors (Lipinski definition) is 3. The molecule has 4 heterocycles. The fourth-order valence-electron chi connectivity index (χ4n) is 6.61. The Bertz CT molecular complexity index is 1920. The Balaban J connectivity index is 0.00000386. The second kappa shape index (κ2) is 13.5. The average molecular weight is 654 g/mol. The molecule has 7 rings (SSSR count). The first-order chi connectivity index (χ1) is 22.3. The van der Waals surface area contributed by atoms with Crippen LogP contribution < -0.4 is 16.4 Å². The van der Waals surface area contributed by atoms with Crippen LogP contribution in [0, 0.1) is 12.7 Å². The van der Waals surface area contributed by atoms with Crippen molar-refractivity contribution in [3.05, 3.63) is 102 Å². The third-order valence-corrected chi connectivity index (χ3v) is 9.32. The molecule has 11 heteroatoms. The second-order valence-corrected chi connectivity index (χ2v) is 12.4. The van der Waals surface area contributed by atoms with Crippen LogP contribution in [-0.4, -0.2) is 50.4 Å². The van der Waals surface area contributed by atoms with Crippen molar-refractivity contribution in [1.29, 1.82) is 0 Å². The molecule has 0 bridgehead atoms. The van der Waals surface area contributed by atoms with Gasteiger partial charge in [0.2, 0.25) is 11.8 Å². The number of halogens is 2. The minimum Gasteiger partial charge on any atom is -0.398 e. The van der Waals surface area contributed by atoms with Gasteiger partial charge in [0, 0.05) is 41.7 Å². The standard InChI is InChI=1S/C36H36FN7O2.ClH/c1-22-30(17-28(37)18-31(22)38)35-33-16-27(20-44(33)40-21-39-35)25-4-2-23(3-5-25)19-43-14-12-26(13-15-43)24-6-8-29(9-7-24)41-32-10-11-34(45)42-36(32)46;/h2-9,16-18,20-21,26,32,41H,10-15,19,38H2,1H3,(H,42,45,46);1H. The molecule has 2 amide bonds. The number of nitrogens with zero attached hydrogens (tertiary/aromatic N) is 4. The minimum absolute atomic E-state index is 0. The number of likely N-dealkylation sites (tertiary alicyclic amines) is 1. The maximum atomic E-state index is 14.2. The number of fused-ring (bicyclic) bond motifs is 1. The van der Waals surface area contributed by atoms with E-state index in [2.05, 4.69) is 62.0 Å². The first-order valence-corrected chi connectivity index (χ1v) is 15.7. The number of benzene rings is 3. The van der Waals surface area contributed by atoms with E-state index in [9.17, 15) is 14.0 Å². The van der Waals surface area contributed by atoms with Crippen LogP contribution in [0.2, 0.25) is 0 Å². The summed E-state index contributed by atoms with van der Waals surface area (Å²) >= 11 is 0. The zero-order valence-electron chi connectivity index (χ0n) is 26.1. The van der Waals surface area contributed by atoms with Crippen LogP contribution in [-0.2, 0) is 16.1 Å². The lowest BCUT2D eigenvalue weighted by Crippen LogP contribution is -2.47. The maximum Gasteiger partial charge on any atom is 0.249 e. The Morgan fingerprint density at radius 2 is 1.72 bits per heavy atom. The number of nitrogen functional groups attached to an aromatic ring is 1. The molecule has 2 aliphatic heterocycles. The van der Waals surface area contributed by atoms with Crippen LogP contribution in [0.3, 0.4) is 0 Å². The van der Waals surface area contributed by atoms with Gasteiger partial charge in [-0.05, 0) is 97.8 Å². The van der Waals surface area contributed by atoms with Crippen LogP contribution in [0.4, 0.5) is 15.8 Å². The summed E-state index contributed by atoms with van der Waals surface area (Å²) in [5, 5.41) is 10.0. The molecule has 47 heavy (non-hydrogen) atoms. The molecule has 3 aromatic carbocycles. The van der Waals surface area contributed by atoms with E-state index in [-0.39, 0.29) is 30.3 Å². The number of piperidine rings is 2. The number of hydrogen-bond acceptors (Lipinski definition) is 7. The highest BCUT2D eigenvalue weighted by Crippen LogP contribution is 2.33. The summed E-state index contributed by atoms with van der Waals surface area (Å²) < 4.78 is 16.0. The SMILES string of the molecule is Cc1c(N)cc(F)cc1-c1ncnn2cc(-c3ccc(CN4CCC(c5ccc(NC6CCC(=O)NC6=O)cc5)CC4)cc3)cc12.Cl. The van der Waals surface area contributed by atoms with Crippen LogP contribution in [0.25, 0.3) is 27.9 Å². The van der Waals surface area contributed by atoms with Crippen LogP contribution in [0.5, 0.6) is 0 Å². The molecule has 2 aliphatic rings. The lowest BCUT2D eigenvalue weighted by Gasteiger charge is -2.32. The van der Waals surface area contributed by atoms with E-state index >= 15 is 0 Å². The largest absolute Gasteiger partial charge is 0.398 e. The Kier molecular flexibility index (Phi) is 9.24. The van der Waals surface area contributed by atoms with Crippen molar-refractivity contribution in [2.75, 3.05) is 24.1 Å². The number of carbonyl (C=O) groups is 2. The summed E-state index contributed by atoms with van der Waals surface area (Å²) in [4.78, 5) is 30.5. The fourth-order valence-corrected chi connectivity index (χ4v) is 6.61. The maximum absolute atomic E-state index is 14.2. The molecular formula is C36H37ClFN7O2. The van der Waals surface area contributed by atoms with Crippen molar-refractivity contribution in [3.8, 4) is 22.4 Å². The topological polar surface area (TPSA) is 118 Å². The molecule has 0 aliphatic carbocycles. The summed E-state index contributed by atoms with van der Waals surface area (Å²) in [6.07, 6.45) is 6.51. The number of amides is 2. The lowest BCUT2D eigenvalue weighted by atomic mass is 9.89. The highest BCUT2D eigenvalue weighted by atomic mass is 35.5. The van der Waals surface area contributed by atoms with Crippen molar-refractivity contribution < 1.29 is 14.0 Å². The first-order valence-electron chi connectivity index (χ1n) is 15.7. The third kappa shape index (κ3) is 6.84. The molecule has 0 radical (unpaired) electrons. The van der Waals surface area contributed by atoms with Gasteiger partial charge >= 0.3 is 0 Å². The zero-order valence-corrected chi connectivity index (χ0v) is 26.9. The summed E-state index contributed by atoms with van der Waals surface area (Å²) in [5.74, 6) is -0.346. The first kappa shape index (κ1) is 32.2.